The quantitative estimate of drug-likeness (QED) is 0.390. The highest BCUT2D eigenvalue weighted by Gasteiger charge is 2.32. The van der Waals surface area contributed by atoms with E-state index in [1.165, 1.54) is 7.05 Å². The van der Waals surface area contributed by atoms with Crippen molar-refractivity contribution in [2.75, 3.05) is 14.2 Å². The lowest BCUT2D eigenvalue weighted by Crippen LogP contribution is -2.50. The van der Waals surface area contributed by atoms with Crippen LogP contribution in [0.25, 0.3) is 0 Å². The number of hydrogen-bond acceptors (Lipinski definition) is 5. The standard InChI is InChI=1S/C20H32N2O6S/c1-4-5-6-7-8-17(14-19(23)24)29(26,27)22-18(20(25)21-2)13-15-9-11-16(28-3)12-10-15/h9-12,17-18,22H,4-8,13-14H2,1-3H3,(H,21,25)(H,23,24)/t17?,18-/m0/s1. The van der Waals surface area contributed by atoms with Crippen molar-refractivity contribution in [2.45, 2.75) is 63.2 Å². The van der Waals surface area contributed by atoms with Crippen LogP contribution in [0.3, 0.4) is 0 Å². The molecule has 0 aromatic heterocycles. The lowest BCUT2D eigenvalue weighted by molar-refractivity contribution is -0.137. The molecular weight excluding hydrogens is 396 g/mol. The lowest BCUT2D eigenvalue weighted by atomic mass is 10.1. The summed E-state index contributed by atoms with van der Waals surface area (Å²) in [5.41, 5.74) is 0.750. The van der Waals surface area contributed by atoms with Crippen molar-refractivity contribution in [2.24, 2.45) is 0 Å². The van der Waals surface area contributed by atoms with E-state index in [2.05, 4.69) is 10.0 Å². The van der Waals surface area contributed by atoms with E-state index in [1.807, 2.05) is 6.92 Å². The first-order valence-corrected chi connectivity index (χ1v) is 11.4. The number of sulfonamides is 1. The molecule has 1 unspecified atom stereocenters. The zero-order chi connectivity index (χ0) is 21.9. The predicted octanol–water partition coefficient (Wildman–Crippen LogP) is 2.09. The molecule has 1 rings (SSSR count). The van der Waals surface area contributed by atoms with Gasteiger partial charge < -0.3 is 15.2 Å². The van der Waals surface area contributed by atoms with Gasteiger partial charge in [0.15, 0.2) is 0 Å². The molecule has 0 aliphatic carbocycles. The minimum absolute atomic E-state index is 0.137. The van der Waals surface area contributed by atoms with Crippen LogP contribution in [-0.4, -0.2) is 50.9 Å². The molecule has 3 N–H and O–H groups in total. The number of amides is 1. The molecule has 2 atom stereocenters. The molecule has 0 bridgehead atoms. The summed E-state index contributed by atoms with van der Waals surface area (Å²) in [5, 5.41) is 10.5. The highest BCUT2D eigenvalue weighted by Crippen LogP contribution is 2.17. The summed E-state index contributed by atoms with van der Waals surface area (Å²) in [7, 11) is -1.04. The van der Waals surface area contributed by atoms with Crippen LogP contribution < -0.4 is 14.8 Å². The number of ether oxygens (including phenoxy) is 1. The molecule has 164 valence electrons. The Morgan fingerprint density at radius 1 is 1.14 bits per heavy atom. The Balaban J connectivity index is 2.95. The lowest BCUT2D eigenvalue weighted by Gasteiger charge is -2.22. The molecule has 1 aromatic carbocycles. The molecule has 29 heavy (non-hydrogen) atoms. The molecule has 0 saturated heterocycles. The maximum atomic E-state index is 12.9. The number of benzene rings is 1. The van der Waals surface area contributed by atoms with Crippen LogP contribution in [0.4, 0.5) is 0 Å². The Kier molecular flexibility index (Phi) is 10.7. The number of unbranched alkanes of at least 4 members (excludes halogenated alkanes) is 3. The fraction of sp³-hybridized carbons (Fsp3) is 0.600. The van der Waals surface area contributed by atoms with Gasteiger partial charge in [-0.1, -0.05) is 44.7 Å². The first-order valence-electron chi connectivity index (χ1n) is 9.81. The highest BCUT2D eigenvalue weighted by molar-refractivity contribution is 7.90. The van der Waals surface area contributed by atoms with E-state index in [4.69, 9.17) is 9.84 Å². The average Bonchev–Trinajstić information content (AvgIpc) is 2.69. The monoisotopic (exact) mass is 428 g/mol. The molecule has 0 saturated carbocycles. The first-order chi connectivity index (χ1) is 13.7. The van der Waals surface area contributed by atoms with Crippen molar-refractivity contribution < 1.29 is 27.9 Å². The van der Waals surface area contributed by atoms with Gasteiger partial charge in [0.2, 0.25) is 15.9 Å². The zero-order valence-corrected chi connectivity index (χ0v) is 18.1. The van der Waals surface area contributed by atoms with Gasteiger partial charge in [-0.25, -0.2) is 13.1 Å². The number of carboxylic acids is 1. The maximum Gasteiger partial charge on any atom is 0.304 e. The van der Waals surface area contributed by atoms with E-state index in [0.29, 0.717) is 12.2 Å². The summed E-state index contributed by atoms with van der Waals surface area (Å²) in [6, 6.07) is 5.92. The molecular formula is C20H32N2O6S. The fourth-order valence-corrected chi connectivity index (χ4v) is 4.63. The summed E-state index contributed by atoms with van der Waals surface area (Å²) in [5.74, 6) is -1.01. The maximum absolute atomic E-state index is 12.9. The molecule has 0 aliphatic heterocycles. The van der Waals surface area contributed by atoms with Crippen molar-refractivity contribution in [3.63, 3.8) is 0 Å². The van der Waals surface area contributed by atoms with Crippen LogP contribution in [0, 0.1) is 0 Å². The van der Waals surface area contributed by atoms with Crippen LogP contribution in [0.1, 0.15) is 51.0 Å². The number of rotatable bonds is 14. The molecule has 8 nitrogen and oxygen atoms in total. The van der Waals surface area contributed by atoms with Gasteiger partial charge in [0, 0.05) is 7.05 Å². The molecule has 0 spiro atoms. The average molecular weight is 429 g/mol. The highest BCUT2D eigenvalue weighted by atomic mass is 32.2. The number of likely N-dealkylation sites (N-methyl/N-ethyl adjacent to an activating group) is 1. The van der Waals surface area contributed by atoms with Crippen LogP contribution in [0.15, 0.2) is 24.3 Å². The summed E-state index contributed by atoms with van der Waals surface area (Å²) in [6.07, 6.45) is 3.30. The molecule has 9 heteroatoms. The zero-order valence-electron chi connectivity index (χ0n) is 17.3. The number of carbonyl (C=O) groups excluding carboxylic acids is 1. The molecule has 1 amide bonds. The Labute approximate surface area is 173 Å². The summed E-state index contributed by atoms with van der Waals surface area (Å²) >= 11 is 0. The minimum atomic E-state index is -4.01. The van der Waals surface area contributed by atoms with E-state index in [1.54, 1.807) is 31.4 Å². The van der Waals surface area contributed by atoms with Crippen LogP contribution in [0.5, 0.6) is 5.75 Å². The van der Waals surface area contributed by atoms with E-state index < -0.39 is 39.6 Å². The van der Waals surface area contributed by atoms with E-state index >= 15 is 0 Å². The van der Waals surface area contributed by atoms with Crippen molar-refractivity contribution in [3.8, 4) is 5.75 Å². The third-order valence-corrected chi connectivity index (χ3v) is 6.58. The van der Waals surface area contributed by atoms with Crippen molar-refractivity contribution in [1.82, 2.24) is 10.0 Å². The van der Waals surface area contributed by atoms with Gasteiger partial charge in [-0.15, -0.1) is 0 Å². The van der Waals surface area contributed by atoms with Gasteiger partial charge in [-0.3, -0.25) is 9.59 Å². The first kappa shape index (κ1) is 24.9. The molecule has 1 aromatic rings. The van der Waals surface area contributed by atoms with E-state index in [0.717, 1.165) is 24.8 Å². The number of methoxy groups -OCH3 is 1. The Hall–Kier alpha value is -2.13. The van der Waals surface area contributed by atoms with Gasteiger partial charge in [0.1, 0.15) is 11.8 Å². The minimum Gasteiger partial charge on any atom is -0.497 e. The number of aliphatic carboxylic acids is 1. The van der Waals surface area contributed by atoms with Crippen molar-refractivity contribution in [3.05, 3.63) is 29.8 Å². The summed E-state index contributed by atoms with van der Waals surface area (Å²) in [6.45, 7) is 2.04. The smallest absolute Gasteiger partial charge is 0.304 e. The Morgan fingerprint density at radius 3 is 2.31 bits per heavy atom. The number of carbonyl (C=O) groups is 2. The SMILES string of the molecule is CCCCCCC(CC(=O)O)S(=O)(=O)N[C@@H](Cc1ccc(OC)cc1)C(=O)NC. The normalized spacial score (nSPS) is 13.5. The summed E-state index contributed by atoms with van der Waals surface area (Å²) in [4.78, 5) is 23.5. The van der Waals surface area contributed by atoms with Crippen LogP contribution >= 0.6 is 0 Å². The second-order valence-corrected chi connectivity index (χ2v) is 8.94. The van der Waals surface area contributed by atoms with Gasteiger partial charge >= 0.3 is 5.97 Å². The van der Waals surface area contributed by atoms with Crippen LogP contribution in [-0.2, 0) is 26.0 Å². The number of carboxylic acid groups (broad SMARTS) is 1. The largest absolute Gasteiger partial charge is 0.497 e. The van der Waals surface area contributed by atoms with Gasteiger partial charge in [-0.05, 0) is 30.5 Å². The molecule has 0 fully saturated rings. The van der Waals surface area contributed by atoms with Crippen molar-refractivity contribution in [1.29, 1.82) is 0 Å². The van der Waals surface area contributed by atoms with E-state index in [-0.39, 0.29) is 12.8 Å². The number of hydrogen-bond donors (Lipinski definition) is 3. The summed E-state index contributed by atoms with van der Waals surface area (Å²) < 4.78 is 33.3. The van der Waals surface area contributed by atoms with Crippen LogP contribution in [0.2, 0.25) is 0 Å². The fourth-order valence-electron chi connectivity index (χ4n) is 3.01. The van der Waals surface area contributed by atoms with Gasteiger partial charge in [-0.2, -0.15) is 0 Å². The Morgan fingerprint density at radius 2 is 1.79 bits per heavy atom. The third-order valence-electron chi connectivity index (χ3n) is 4.69. The molecule has 0 aliphatic rings. The number of nitrogens with one attached hydrogen (secondary N) is 2. The predicted molar refractivity (Wildman–Crippen MR) is 111 cm³/mol. The van der Waals surface area contributed by atoms with Crippen molar-refractivity contribution >= 4 is 21.9 Å². The van der Waals surface area contributed by atoms with Gasteiger partial charge in [0.05, 0.1) is 18.8 Å². The Bertz CT molecular complexity index is 749. The van der Waals surface area contributed by atoms with E-state index in [9.17, 15) is 18.0 Å². The topological polar surface area (TPSA) is 122 Å². The van der Waals surface area contributed by atoms with Gasteiger partial charge in [0.25, 0.3) is 0 Å². The third kappa shape index (κ3) is 8.82. The molecule has 0 heterocycles. The second-order valence-electron chi connectivity index (χ2n) is 6.95. The molecule has 0 radical (unpaired) electrons. The second kappa shape index (κ2) is 12.4.